The number of primary amides is 1. The minimum Gasteiger partial charge on any atom is -0.379 e. The number of nitrogens with zero attached hydrogens (tertiary/aromatic N) is 4. The molecule has 9 heteroatoms. The zero-order valence-electron chi connectivity index (χ0n) is 11.1. The lowest BCUT2D eigenvalue weighted by Crippen LogP contribution is -2.12. The largest absolute Gasteiger partial charge is 0.379 e. The zero-order chi connectivity index (χ0) is 15.2. The zero-order valence-corrected chi connectivity index (χ0v) is 11.1. The molecule has 1 amide bonds. The van der Waals surface area contributed by atoms with E-state index >= 15 is 0 Å². The summed E-state index contributed by atoms with van der Waals surface area (Å²) < 4.78 is 1.67. The Morgan fingerprint density at radius 2 is 2.29 bits per heavy atom. The first kappa shape index (κ1) is 14.4. The summed E-state index contributed by atoms with van der Waals surface area (Å²) in [6.45, 7) is 1.18. The highest BCUT2D eigenvalue weighted by Crippen LogP contribution is 2.25. The third-order valence-electron chi connectivity index (χ3n) is 2.83. The Hall–Kier alpha value is -2.97. The Balaban J connectivity index is 1.98. The second-order valence-corrected chi connectivity index (χ2v) is 4.30. The van der Waals surface area contributed by atoms with Crippen LogP contribution in [0.15, 0.2) is 30.6 Å². The van der Waals surface area contributed by atoms with Gasteiger partial charge in [0, 0.05) is 30.9 Å². The Kier molecular flexibility index (Phi) is 4.44. The molecule has 2 rings (SSSR count). The molecular weight excluding hydrogens is 276 g/mol. The van der Waals surface area contributed by atoms with E-state index in [9.17, 15) is 14.9 Å². The molecule has 0 aliphatic carbocycles. The Morgan fingerprint density at radius 1 is 1.48 bits per heavy atom. The van der Waals surface area contributed by atoms with Crippen molar-refractivity contribution in [1.82, 2.24) is 15.0 Å². The number of hydrogen-bond donors (Lipinski definition) is 2. The summed E-state index contributed by atoms with van der Waals surface area (Å²) in [4.78, 5) is 21.5. The van der Waals surface area contributed by atoms with E-state index in [4.69, 9.17) is 5.73 Å². The minimum atomic E-state index is -0.698. The molecule has 2 aromatic rings. The highest BCUT2D eigenvalue weighted by atomic mass is 16.6. The molecule has 0 aliphatic heterocycles. The summed E-state index contributed by atoms with van der Waals surface area (Å²) in [6.07, 6.45) is 4.04. The molecule has 110 valence electrons. The van der Waals surface area contributed by atoms with E-state index in [1.54, 1.807) is 17.1 Å². The van der Waals surface area contributed by atoms with Gasteiger partial charge in [-0.25, -0.2) is 0 Å². The molecular formula is C12H14N6O3. The number of nitro groups is 1. The number of hydrogen-bond acceptors (Lipinski definition) is 6. The van der Waals surface area contributed by atoms with Crippen molar-refractivity contribution in [3.63, 3.8) is 0 Å². The normalized spacial score (nSPS) is 10.3. The van der Waals surface area contributed by atoms with Crippen molar-refractivity contribution >= 4 is 17.3 Å². The summed E-state index contributed by atoms with van der Waals surface area (Å²) in [5.41, 5.74) is 5.39. The molecule has 3 N–H and O–H groups in total. The molecule has 0 atom stereocenters. The summed E-state index contributed by atoms with van der Waals surface area (Å²) in [5.74, 6) is -0.698. The maximum atomic E-state index is 11.0. The molecule has 0 aliphatic rings. The van der Waals surface area contributed by atoms with E-state index in [1.165, 1.54) is 18.2 Å². The van der Waals surface area contributed by atoms with Crippen LogP contribution in [-0.2, 0) is 6.54 Å². The fourth-order valence-electron chi connectivity index (χ4n) is 1.80. The number of rotatable bonds is 7. The van der Waals surface area contributed by atoms with E-state index in [0.29, 0.717) is 18.8 Å². The van der Waals surface area contributed by atoms with Crippen molar-refractivity contribution in [1.29, 1.82) is 0 Å². The van der Waals surface area contributed by atoms with E-state index in [-0.39, 0.29) is 11.3 Å². The summed E-state index contributed by atoms with van der Waals surface area (Å²) >= 11 is 0. The third kappa shape index (κ3) is 3.75. The number of aryl methyl sites for hydroxylation is 1. The average molecular weight is 290 g/mol. The number of amides is 1. The Bertz CT molecular complexity index is 640. The molecule has 0 spiro atoms. The minimum absolute atomic E-state index is 0.106. The predicted octanol–water partition coefficient (Wildman–Crippen LogP) is 0.787. The number of nitro benzene ring substituents is 1. The van der Waals surface area contributed by atoms with Crippen molar-refractivity contribution in [3.8, 4) is 0 Å². The standard InChI is InChI=1S/C12H14N6O3/c13-12(19)9-2-3-10(11(8-9)18(20)21)14-4-1-6-17-7-5-15-16-17/h2-3,5,7-8,14H,1,4,6H2,(H2,13,19). The number of nitrogens with two attached hydrogens (primary N) is 1. The first-order chi connectivity index (χ1) is 10.1. The highest BCUT2D eigenvalue weighted by molar-refractivity contribution is 5.94. The molecule has 1 heterocycles. The van der Waals surface area contributed by atoms with Crippen LogP contribution in [0.5, 0.6) is 0 Å². The first-order valence-corrected chi connectivity index (χ1v) is 6.24. The molecule has 1 aromatic carbocycles. The van der Waals surface area contributed by atoms with Crippen LogP contribution in [0, 0.1) is 10.1 Å². The number of carbonyl (C=O) groups excluding carboxylic acids is 1. The van der Waals surface area contributed by atoms with Crippen molar-refractivity contribution < 1.29 is 9.72 Å². The van der Waals surface area contributed by atoms with Crippen LogP contribution in [0.1, 0.15) is 16.8 Å². The van der Waals surface area contributed by atoms with Crippen molar-refractivity contribution in [2.45, 2.75) is 13.0 Å². The number of anilines is 1. The smallest absolute Gasteiger partial charge is 0.293 e. The SMILES string of the molecule is NC(=O)c1ccc(NCCCn2ccnn2)c([N+](=O)[O-])c1. The van der Waals surface area contributed by atoms with Crippen LogP contribution < -0.4 is 11.1 Å². The van der Waals surface area contributed by atoms with Crippen molar-refractivity contribution in [2.24, 2.45) is 5.73 Å². The first-order valence-electron chi connectivity index (χ1n) is 6.24. The van der Waals surface area contributed by atoms with Crippen LogP contribution >= 0.6 is 0 Å². The van der Waals surface area contributed by atoms with E-state index < -0.39 is 10.8 Å². The lowest BCUT2D eigenvalue weighted by Gasteiger charge is -2.08. The van der Waals surface area contributed by atoms with Gasteiger partial charge < -0.3 is 11.1 Å². The monoisotopic (exact) mass is 290 g/mol. The quantitative estimate of drug-likeness (QED) is 0.440. The van der Waals surface area contributed by atoms with E-state index in [0.717, 1.165) is 6.42 Å². The van der Waals surface area contributed by atoms with Gasteiger partial charge in [-0.3, -0.25) is 19.6 Å². The molecule has 0 saturated heterocycles. The fourth-order valence-corrected chi connectivity index (χ4v) is 1.80. The summed E-state index contributed by atoms with van der Waals surface area (Å²) in [5, 5.41) is 21.5. The van der Waals surface area contributed by atoms with E-state index in [2.05, 4.69) is 15.6 Å². The molecule has 9 nitrogen and oxygen atoms in total. The van der Waals surface area contributed by atoms with Gasteiger partial charge in [0.1, 0.15) is 5.69 Å². The van der Waals surface area contributed by atoms with Crippen LogP contribution in [0.2, 0.25) is 0 Å². The van der Waals surface area contributed by atoms with Gasteiger partial charge in [-0.2, -0.15) is 0 Å². The van der Waals surface area contributed by atoms with Gasteiger partial charge in [0.15, 0.2) is 0 Å². The summed E-state index contributed by atoms with van der Waals surface area (Å²) in [6, 6.07) is 4.10. The Labute approximate surface area is 119 Å². The topological polar surface area (TPSA) is 129 Å². The molecule has 0 unspecified atom stereocenters. The fraction of sp³-hybridized carbons (Fsp3) is 0.250. The average Bonchev–Trinajstić information content (AvgIpc) is 2.96. The highest BCUT2D eigenvalue weighted by Gasteiger charge is 2.16. The number of carbonyl (C=O) groups is 1. The van der Waals surface area contributed by atoms with Gasteiger partial charge >= 0.3 is 0 Å². The van der Waals surface area contributed by atoms with Gasteiger partial charge in [0.2, 0.25) is 5.91 Å². The van der Waals surface area contributed by atoms with Gasteiger partial charge in [-0.05, 0) is 18.6 Å². The molecule has 0 saturated carbocycles. The second kappa shape index (κ2) is 6.46. The molecule has 21 heavy (non-hydrogen) atoms. The second-order valence-electron chi connectivity index (χ2n) is 4.30. The lowest BCUT2D eigenvalue weighted by molar-refractivity contribution is -0.384. The molecule has 0 bridgehead atoms. The van der Waals surface area contributed by atoms with Crippen LogP contribution in [-0.4, -0.2) is 32.4 Å². The number of benzene rings is 1. The predicted molar refractivity (Wildman–Crippen MR) is 74.7 cm³/mol. The molecule has 0 radical (unpaired) electrons. The maximum Gasteiger partial charge on any atom is 0.293 e. The van der Waals surface area contributed by atoms with Crippen LogP contribution in [0.3, 0.4) is 0 Å². The molecule has 0 fully saturated rings. The lowest BCUT2D eigenvalue weighted by atomic mass is 10.1. The maximum absolute atomic E-state index is 11.0. The number of aromatic nitrogens is 3. The van der Waals surface area contributed by atoms with Gasteiger partial charge in [0.25, 0.3) is 5.69 Å². The van der Waals surface area contributed by atoms with Crippen molar-refractivity contribution in [3.05, 3.63) is 46.3 Å². The number of nitrogens with one attached hydrogen (secondary N) is 1. The van der Waals surface area contributed by atoms with Gasteiger partial charge in [-0.15, -0.1) is 5.10 Å². The van der Waals surface area contributed by atoms with Crippen LogP contribution in [0.25, 0.3) is 0 Å². The van der Waals surface area contributed by atoms with Crippen LogP contribution in [0.4, 0.5) is 11.4 Å². The molecule has 1 aromatic heterocycles. The van der Waals surface area contributed by atoms with Crippen molar-refractivity contribution in [2.75, 3.05) is 11.9 Å². The third-order valence-corrected chi connectivity index (χ3v) is 2.83. The van der Waals surface area contributed by atoms with Gasteiger partial charge in [0.05, 0.1) is 11.1 Å². The van der Waals surface area contributed by atoms with E-state index in [1.807, 2.05) is 0 Å². The summed E-state index contributed by atoms with van der Waals surface area (Å²) in [7, 11) is 0. The Morgan fingerprint density at radius 3 is 2.90 bits per heavy atom. The van der Waals surface area contributed by atoms with Gasteiger partial charge in [-0.1, -0.05) is 5.21 Å².